The van der Waals surface area contributed by atoms with Gasteiger partial charge in [0.2, 0.25) is 0 Å². The van der Waals surface area contributed by atoms with E-state index < -0.39 is 11.5 Å². The smallest absolute Gasteiger partial charge is 0.318 e. The van der Waals surface area contributed by atoms with Gasteiger partial charge >= 0.3 is 12.0 Å². The highest BCUT2D eigenvalue weighted by Gasteiger charge is 2.33. The molecule has 0 radical (unpaired) electrons. The normalized spacial score (nSPS) is 15.5. The van der Waals surface area contributed by atoms with Crippen LogP contribution in [0.5, 0.6) is 0 Å². The van der Waals surface area contributed by atoms with Crippen LogP contribution in [0.3, 0.4) is 0 Å². The molecule has 0 aromatic rings. The van der Waals surface area contributed by atoms with Crippen molar-refractivity contribution < 1.29 is 14.7 Å². The zero-order valence-corrected chi connectivity index (χ0v) is 10.8. The van der Waals surface area contributed by atoms with Crippen molar-refractivity contribution in [3.05, 3.63) is 0 Å². The first-order valence-electron chi connectivity index (χ1n) is 6.16. The molecule has 0 heterocycles. The molecule has 0 saturated heterocycles. The molecule has 0 spiro atoms. The van der Waals surface area contributed by atoms with Crippen LogP contribution in [-0.2, 0) is 4.79 Å². The van der Waals surface area contributed by atoms with Crippen LogP contribution in [-0.4, -0.2) is 40.1 Å². The number of carboxylic acids is 1. The lowest BCUT2D eigenvalue weighted by Crippen LogP contribution is -2.50. The summed E-state index contributed by atoms with van der Waals surface area (Å²) in [5.41, 5.74) is -0.474. The van der Waals surface area contributed by atoms with E-state index in [2.05, 4.69) is 5.32 Å². The Hall–Kier alpha value is -1.26. The van der Waals surface area contributed by atoms with Crippen LogP contribution in [0.1, 0.15) is 46.5 Å². The molecule has 98 valence electrons. The second-order valence-electron chi connectivity index (χ2n) is 5.22. The standard InChI is InChI=1S/C12H22N2O3/c1-4-14(9-5-6-9)11(17)13-12(2,3)8-7-10(15)16/h9H,4-8H2,1-3H3,(H,13,17)(H,15,16). The highest BCUT2D eigenvalue weighted by Crippen LogP contribution is 2.27. The van der Waals surface area contributed by atoms with Crippen molar-refractivity contribution in [2.75, 3.05) is 6.54 Å². The topological polar surface area (TPSA) is 69.6 Å². The first kappa shape index (κ1) is 13.8. The minimum Gasteiger partial charge on any atom is -0.481 e. The van der Waals surface area contributed by atoms with Gasteiger partial charge < -0.3 is 15.3 Å². The maximum Gasteiger partial charge on any atom is 0.318 e. The highest BCUT2D eigenvalue weighted by atomic mass is 16.4. The van der Waals surface area contributed by atoms with Crippen molar-refractivity contribution >= 4 is 12.0 Å². The number of urea groups is 1. The molecule has 2 amide bonds. The summed E-state index contributed by atoms with van der Waals surface area (Å²) in [6.45, 7) is 6.37. The van der Waals surface area contributed by atoms with Crippen molar-refractivity contribution in [2.45, 2.75) is 58.0 Å². The zero-order chi connectivity index (χ0) is 13.1. The maximum absolute atomic E-state index is 12.0. The summed E-state index contributed by atoms with van der Waals surface area (Å²) in [4.78, 5) is 24.3. The molecule has 0 unspecified atom stereocenters. The summed E-state index contributed by atoms with van der Waals surface area (Å²) in [5.74, 6) is -0.832. The van der Waals surface area contributed by atoms with E-state index in [1.54, 1.807) is 0 Å². The van der Waals surface area contributed by atoms with E-state index in [0.717, 1.165) is 12.8 Å². The molecule has 5 nitrogen and oxygen atoms in total. The lowest BCUT2D eigenvalue weighted by Gasteiger charge is -2.30. The summed E-state index contributed by atoms with van der Waals surface area (Å²) in [6.07, 6.45) is 2.67. The van der Waals surface area contributed by atoms with Crippen LogP contribution in [0.2, 0.25) is 0 Å². The Labute approximate surface area is 102 Å². The fraction of sp³-hybridized carbons (Fsp3) is 0.833. The fourth-order valence-electron chi connectivity index (χ4n) is 1.80. The number of nitrogens with zero attached hydrogens (tertiary/aromatic N) is 1. The molecule has 0 atom stereocenters. The van der Waals surface area contributed by atoms with Crippen LogP contribution in [0.25, 0.3) is 0 Å². The van der Waals surface area contributed by atoms with E-state index in [4.69, 9.17) is 5.11 Å². The van der Waals surface area contributed by atoms with E-state index in [9.17, 15) is 9.59 Å². The number of nitrogens with one attached hydrogen (secondary N) is 1. The monoisotopic (exact) mass is 242 g/mol. The highest BCUT2D eigenvalue weighted by molar-refractivity contribution is 5.76. The molecule has 0 aromatic carbocycles. The quantitative estimate of drug-likeness (QED) is 0.746. The van der Waals surface area contributed by atoms with Gasteiger partial charge in [0.05, 0.1) is 0 Å². The van der Waals surface area contributed by atoms with E-state index >= 15 is 0 Å². The Bertz CT molecular complexity index is 298. The number of carbonyl (C=O) groups excluding carboxylic acids is 1. The Kier molecular flexibility index (Phi) is 4.37. The SMILES string of the molecule is CCN(C(=O)NC(C)(C)CCC(=O)O)C1CC1. The molecule has 1 fully saturated rings. The van der Waals surface area contributed by atoms with Crippen molar-refractivity contribution in [3.8, 4) is 0 Å². The van der Waals surface area contributed by atoms with E-state index in [-0.39, 0.29) is 12.5 Å². The molecule has 0 aliphatic heterocycles. The van der Waals surface area contributed by atoms with Crippen LogP contribution < -0.4 is 5.32 Å². The van der Waals surface area contributed by atoms with Crippen LogP contribution in [0.4, 0.5) is 4.79 Å². The average Bonchev–Trinajstić information content (AvgIpc) is 2.99. The first-order valence-corrected chi connectivity index (χ1v) is 6.16. The zero-order valence-electron chi connectivity index (χ0n) is 10.8. The third-order valence-electron chi connectivity index (χ3n) is 3.00. The molecule has 1 saturated carbocycles. The molecule has 1 aliphatic carbocycles. The Morgan fingerprint density at radius 1 is 1.41 bits per heavy atom. The van der Waals surface area contributed by atoms with E-state index in [0.29, 0.717) is 19.0 Å². The van der Waals surface area contributed by atoms with Gasteiger partial charge in [-0.25, -0.2) is 4.79 Å². The van der Waals surface area contributed by atoms with Crippen LogP contribution in [0.15, 0.2) is 0 Å². The second kappa shape index (κ2) is 5.38. The molecule has 0 aromatic heterocycles. The van der Waals surface area contributed by atoms with Gasteiger partial charge in [0.15, 0.2) is 0 Å². The van der Waals surface area contributed by atoms with Gasteiger partial charge in [0, 0.05) is 24.5 Å². The van der Waals surface area contributed by atoms with Gasteiger partial charge in [0.1, 0.15) is 0 Å². The van der Waals surface area contributed by atoms with Gasteiger partial charge in [-0.05, 0) is 40.0 Å². The van der Waals surface area contributed by atoms with Crippen molar-refractivity contribution in [1.29, 1.82) is 0 Å². The number of aliphatic carboxylic acids is 1. The average molecular weight is 242 g/mol. The number of amides is 2. The Balaban J connectivity index is 2.44. The molecular formula is C12H22N2O3. The Morgan fingerprint density at radius 2 is 2.00 bits per heavy atom. The number of carboxylic acid groups (broad SMARTS) is 1. The molecular weight excluding hydrogens is 220 g/mol. The summed E-state index contributed by atoms with van der Waals surface area (Å²) >= 11 is 0. The summed E-state index contributed by atoms with van der Waals surface area (Å²) < 4.78 is 0. The molecule has 0 bridgehead atoms. The fourth-order valence-corrected chi connectivity index (χ4v) is 1.80. The summed E-state index contributed by atoms with van der Waals surface area (Å²) in [5, 5.41) is 11.5. The van der Waals surface area contributed by atoms with Crippen molar-refractivity contribution in [1.82, 2.24) is 10.2 Å². The lowest BCUT2D eigenvalue weighted by atomic mass is 9.99. The summed E-state index contributed by atoms with van der Waals surface area (Å²) in [7, 11) is 0. The Morgan fingerprint density at radius 3 is 2.41 bits per heavy atom. The van der Waals surface area contributed by atoms with Gasteiger partial charge in [-0.1, -0.05) is 0 Å². The molecule has 1 rings (SSSR count). The third kappa shape index (κ3) is 4.63. The predicted molar refractivity (Wildman–Crippen MR) is 64.9 cm³/mol. The number of rotatable bonds is 6. The predicted octanol–water partition coefficient (Wildman–Crippen LogP) is 1.82. The number of carbonyl (C=O) groups is 2. The number of hydrogen-bond donors (Lipinski definition) is 2. The van der Waals surface area contributed by atoms with E-state index in [1.165, 1.54) is 0 Å². The summed E-state index contributed by atoms with van der Waals surface area (Å²) in [6, 6.07) is 0.306. The van der Waals surface area contributed by atoms with Gasteiger partial charge in [-0.2, -0.15) is 0 Å². The first-order chi connectivity index (χ1) is 7.85. The minimum absolute atomic E-state index is 0.0723. The molecule has 2 N–H and O–H groups in total. The van der Waals surface area contributed by atoms with Crippen LogP contribution >= 0.6 is 0 Å². The third-order valence-corrected chi connectivity index (χ3v) is 3.00. The molecule has 5 heteroatoms. The van der Waals surface area contributed by atoms with Crippen molar-refractivity contribution in [3.63, 3.8) is 0 Å². The van der Waals surface area contributed by atoms with Crippen molar-refractivity contribution in [2.24, 2.45) is 0 Å². The minimum atomic E-state index is -0.832. The van der Waals surface area contributed by atoms with E-state index in [1.807, 2.05) is 25.7 Å². The van der Waals surface area contributed by atoms with Gasteiger partial charge in [-0.15, -0.1) is 0 Å². The second-order valence-corrected chi connectivity index (χ2v) is 5.22. The lowest BCUT2D eigenvalue weighted by molar-refractivity contribution is -0.137. The van der Waals surface area contributed by atoms with Gasteiger partial charge in [-0.3, -0.25) is 4.79 Å². The molecule has 17 heavy (non-hydrogen) atoms. The van der Waals surface area contributed by atoms with Crippen LogP contribution in [0, 0.1) is 0 Å². The largest absolute Gasteiger partial charge is 0.481 e. The number of hydrogen-bond acceptors (Lipinski definition) is 2. The van der Waals surface area contributed by atoms with Gasteiger partial charge in [0.25, 0.3) is 0 Å². The maximum atomic E-state index is 12.0. The molecule has 1 aliphatic rings.